The summed E-state index contributed by atoms with van der Waals surface area (Å²) in [5.41, 5.74) is -0.406. The molecule has 0 spiro atoms. The van der Waals surface area contributed by atoms with Gasteiger partial charge in [0.25, 0.3) is 5.91 Å². The van der Waals surface area contributed by atoms with Crippen molar-refractivity contribution in [1.29, 1.82) is 0 Å². The Morgan fingerprint density at radius 2 is 1.74 bits per heavy atom. The van der Waals surface area contributed by atoms with E-state index in [4.69, 9.17) is 4.74 Å². The molecule has 2 atom stereocenters. The maximum atomic E-state index is 13.8. The van der Waals surface area contributed by atoms with Gasteiger partial charge in [0.05, 0.1) is 12.8 Å². The van der Waals surface area contributed by atoms with Crippen molar-refractivity contribution in [3.05, 3.63) is 47.8 Å². The number of halogens is 3. The molecule has 1 aliphatic rings. The van der Waals surface area contributed by atoms with Crippen LogP contribution in [0.4, 0.5) is 13.2 Å². The molecule has 3 aromatic rings. The van der Waals surface area contributed by atoms with Gasteiger partial charge < -0.3 is 9.64 Å². The van der Waals surface area contributed by atoms with Crippen LogP contribution in [0.5, 0.6) is 5.75 Å². The van der Waals surface area contributed by atoms with E-state index in [2.05, 4.69) is 10.1 Å². The molecule has 4 rings (SSSR count). The van der Waals surface area contributed by atoms with Gasteiger partial charge in [0, 0.05) is 23.7 Å². The van der Waals surface area contributed by atoms with E-state index in [1.165, 1.54) is 13.2 Å². The molecule has 3 heterocycles. The number of hydrogen-bond donors (Lipinski definition) is 0. The fourth-order valence-corrected chi connectivity index (χ4v) is 4.14. The first kappa shape index (κ1) is 21.1. The third kappa shape index (κ3) is 3.96. The SMILES string of the molecule is COc1ccc(-c2cc(C(F)(F)F)n3nc(C(=O)N4[C@@H](C)CCC[C@@H]4C)cc3n2)cc1. The molecular formula is C22H23F3N4O2. The third-order valence-electron chi connectivity index (χ3n) is 5.75. The molecule has 1 saturated heterocycles. The molecule has 1 aromatic carbocycles. The second-order valence-corrected chi connectivity index (χ2v) is 7.89. The molecule has 164 valence electrons. The summed E-state index contributed by atoms with van der Waals surface area (Å²) in [4.78, 5) is 19.2. The molecule has 0 bridgehead atoms. The van der Waals surface area contributed by atoms with Gasteiger partial charge in [-0.3, -0.25) is 4.79 Å². The highest BCUT2D eigenvalue weighted by atomic mass is 19.4. The van der Waals surface area contributed by atoms with Crippen molar-refractivity contribution in [1.82, 2.24) is 19.5 Å². The monoisotopic (exact) mass is 432 g/mol. The van der Waals surface area contributed by atoms with Crippen molar-refractivity contribution in [2.75, 3.05) is 7.11 Å². The number of methoxy groups -OCH3 is 1. The highest BCUT2D eigenvalue weighted by Crippen LogP contribution is 2.33. The lowest BCUT2D eigenvalue weighted by Crippen LogP contribution is -2.47. The van der Waals surface area contributed by atoms with Crippen LogP contribution in [0, 0.1) is 0 Å². The standard InChI is InChI=1S/C22H23F3N4O2/c1-13-5-4-6-14(2)28(13)21(30)18-12-20-26-17(15-7-9-16(31-3)10-8-15)11-19(22(23,24)25)29(20)27-18/h7-14H,4-6H2,1-3H3/t13-,14-/m0/s1. The second-order valence-electron chi connectivity index (χ2n) is 7.89. The summed E-state index contributed by atoms with van der Waals surface area (Å²) in [5.74, 6) is 0.215. The molecule has 6 nitrogen and oxygen atoms in total. The fraction of sp³-hybridized carbons (Fsp3) is 0.409. The van der Waals surface area contributed by atoms with Crippen molar-refractivity contribution < 1.29 is 22.7 Å². The average Bonchev–Trinajstić information content (AvgIpc) is 3.16. The number of rotatable bonds is 3. The van der Waals surface area contributed by atoms with Crippen molar-refractivity contribution in [2.45, 2.75) is 51.4 Å². The molecule has 1 amide bonds. The lowest BCUT2D eigenvalue weighted by Gasteiger charge is -2.38. The predicted molar refractivity (Wildman–Crippen MR) is 109 cm³/mol. The number of carbonyl (C=O) groups excluding carboxylic acids is 1. The summed E-state index contributed by atoms with van der Waals surface area (Å²) in [6.45, 7) is 3.90. The molecule has 0 unspecified atom stereocenters. The van der Waals surface area contributed by atoms with Crippen molar-refractivity contribution >= 4 is 11.6 Å². The van der Waals surface area contributed by atoms with Crippen LogP contribution in [0.1, 0.15) is 49.3 Å². The van der Waals surface area contributed by atoms with Gasteiger partial charge in [-0.2, -0.15) is 18.3 Å². The maximum absolute atomic E-state index is 13.8. The van der Waals surface area contributed by atoms with Crippen LogP contribution < -0.4 is 4.74 Å². The molecule has 0 radical (unpaired) electrons. The van der Waals surface area contributed by atoms with Gasteiger partial charge in [-0.05, 0) is 63.4 Å². The summed E-state index contributed by atoms with van der Waals surface area (Å²) < 4.78 is 47.3. The van der Waals surface area contributed by atoms with Gasteiger partial charge in [-0.15, -0.1) is 0 Å². The van der Waals surface area contributed by atoms with E-state index in [9.17, 15) is 18.0 Å². The molecule has 2 aromatic heterocycles. The molecule has 31 heavy (non-hydrogen) atoms. The first-order chi connectivity index (χ1) is 14.7. The van der Waals surface area contributed by atoms with E-state index in [1.807, 2.05) is 13.8 Å². The van der Waals surface area contributed by atoms with Crippen molar-refractivity contribution in [3.63, 3.8) is 0 Å². The topological polar surface area (TPSA) is 59.7 Å². The predicted octanol–water partition coefficient (Wildman–Crippen LogP) is 4.83. The zero-order valence-corrected chi connectivity index (χ0v) is 17.5. The molecule has 0 saturated carbocycles. The van der Waals surface area contributed by atoms with E-state index in [1.54, 1.807) is 29.2 Å². The highest BCUT2D eigenvalue weighted by Gasteiger charge is 2.37. The van der Waals surface area contributed by atoms with Crippen molar-refractivity contribution in [3.8, 4) is 17.0 Å². The van der Waals surface area contributed by atoms with Gasteiger partial charge in [-0.1, -0.05) is 0 Å². The van der Waals surface area contributed by atoms with E-state index >= 15 is 0 Å². The Morgan fingerprint density at radius 3 is 2.32 bits per heavy atom. The van der Waals surface area contributed by atoms with E-state index in [-0.39, 0.29) is 35.0 Å². The van der Waals surface area contributed by atoms with Gasteiger partial charge in [-0.25, -0.2) is 9.50 Å². The van der Waals surface area contributed by atoms with Crippen LogP contribution >= 0.6 is 0 Å². The molecule has 0 aliphatic carbocycles. The van der Waals surface area contributed by atoms with Crippen LogP contribution in [-0.2, 0) is 6.18 Å². The third-order valence-corrected chi connectivity index (χ3v) is 5.75. The molecule has 0 N–H and O–H groups in total. The maximum Gasteiger partial charge on any atom is 0.433 e. The number of carbonyl (C=O) groups is 1. The minimum atomic E-state index is -4.67. The summed E-state index contributed by atoms with van der Waals surface area (Å²) in [6, 6.07) is 8.87. The first-order valence-electron chi connectivity index (χ1n) is 10.1. The van der Waals surface area contributed by atoms with Crippen LogP contribution in [0.15, 0.2) is 36.4 Å². The lowest BCUT2D eigenvalue weighted by molar-refractivity contribution is -0.142. The number of ether oxygens (including phenoxy) is 1. The number of alkyl halides is 3. The quantitative estimate of drug-likeness (QED) is 0.595. The van der Waals surface area contributed by atoms with Crippen LogP contribution in [-0.4, -0.2) is 44.6 Å². The Hall–Kier alpha value is -3.10. The number of nitrogens with zero attached hydrogens (tertiary/aromatic N) is 4. The summed E-state index contributed by atoms with van der Waals surface area (Å²) >= 11 is 0. The van der Waals surface area contributed by atoms with E-state index in [0.717, 1.165) is 25.3 Å². The molecule has 1 aliphatic heterocycles. The lowest BCUT2D eigenvalue weighted by atomic mass is 9.97. The van der Waals surface area contributed by atoms with Gasteiger partial charge in [0.15, 0.2) is 17.0 Å². The molecule has 9 heteroatoms. The number of hydrogen-bond acceptors (Lipinski definition) is 4. The number of benzene rings is 1. The minimum absolute atomic E-state index is 0.00553. The Morgan fingerprint density at radius 1 is 1.10 bits per heavy atom. The Kier molecular flexibility index (Phi) is 5.36. The zero-order chi connectivity index (χ0) is 22.3. The van der Waals surface area contributed by atoms with Gasteiger partial charge in [0.1, 0.15) is 5.75 Å². The zero-order valence-electron chi connectivity index (χ0n) is 17.5. The fourth-order valence-electron chi connectivity index (χ4n) is 4.14. The highest BCUT2D eigenvalue weighted by molar-refractivity contribution is 5.94. The number of piperidine rings is 1. The van der Waals surface area contributed by atoms with Gasteiger partial charge >= 0.3 is 6.18 Å². The van der Waals surface area contributed by atoms with Crippen molar-refractivity contribution in [2.24, 2.45) is 0 Å². The number of aromatic nitrogens is 3. The first-order valence-corrected chi connectivity index (χ1v) is 10.1. The van der Waals surface area contributed by atoms with Gasteiger partial charge in [0.2, 0.25) is 0 Å². The van der Waals surface area contributed by atoms with Crippen LogP contribution in [0.25, 0.3) is 16.9 Å². The normalized spacial score (nSPS) is 19.6. The summed E-state index contributed by atoms with van der Waals surface area (Å²) in [6.07, 6.45) is -1.93. The van der Waals surface area contributed by atoms with Crippen LogP contribution in [0.2, 0.25) is 0 Å². The largest absolute Gasteiger partial charge is 0.497 e. The second kappa shape index (κ2) is 7.86. The number of amides is 1. The average molecular weight is 432 g/mol. The summed E-state index contributed by atoms with van der Waals surface area (Å²) in [7, 11) is 1.51. The summed E-state index contributed by atoms with van der Waals surface area (Å²) in [5, 5.41) is 4.01. The number of likely N-dealkylation sites (tertiary alicyclic amines) is 1. The Balaban J connectivity index is 1.81. The molecule has 1 fully saturated rings. The van der Waals surface area contributed by atoms with Crippen LogP contribution in [0.3, 0.4) is 0 Å². The Bertz CT molecular complexity index is 1100. The minimum Gasteiger partial charge on any atom is -0.497 e. The molecular weight excluding hydrogens is 409 g/mol. The Labute approximate surface area is 177 Å². The van der Waals surface area contributed by atoms with E-state index < -0.39 is 11.9 Å². The smallest absolute Gasteiger partial charge is 0.433 e. The number of fused-ring (bicyclic) bond motifs is 1. The van der Waals surface area contributed by atoms with E-state index in [0.29, 0.717) is 15.8 Å².